The summed E-state index contributed by atoms with van der Waals surface area (Å²) in [6.45, 7) is 0. The summed E-state index contributed by atoms with van der Waals surface area (Å²) in [4.78, 5) is 16.4. The number of fused-ring (bicyclic) bond motifs is 1. The number of carbonyl (C=O) groups excluding carboxylic acids is 1. The fraction of sp³-hybridized carbons (Fsp3) is 0. The van der Waals surface area contributed by atoms with Crippen molar-refractivity contribution in [1.82, 2.24) is 14.8 Å². The number of aromatic hydroxyl groups is 1. The Morgan fingerprint density at radius 3 is 2.40 bits per heavy atom. The normalized spacial score (nSPS) is 10.1. The van der Waals surface area contributed by atoms with E-state index >= 15 is 0 Å². The predicted molar refractivity (Wildman–Crippen MR) is 135 cm³/mol. The van der Waals surface area contributed by atoms with Crippen LogP contribution in [-0.2, 0) is 0 Å². The van der Waals surface area contributed by atoms with Gasteiger partial charge in [-0.15, -0.1) is 0 Å². The SMILES string of the molecule is N#Cc1cnn(-c2ccccn2)c1N.Nc1c(O)c(C(=O)Nc2ccccc2)cc2ccccc12. The molecule has 0 unspecified atom stereocenters. The number of phenolic OH excluding ortho intramolecular Hbond substituents is 1. The van der Waals surface area contributed by atoms with Gasteiger partial charge in [0, 0.05) is 17.3 Å². The lowest BCUT2D eigenvalue weighted by Gasteiger charge is -2.11. The van der Waals surface area contributed by atoms with E-state index in [1.807, 2.05) is 54.6 Å². The number of nitrogens with two attached hydrogens (primary N) is 2. The predicted octanol–water partition coefficient (Wildman–Crippen LogP) is 4.10. The number of pyridine rings is 1. The number of nitrogens with zero attached hydrogens (tertiary/aromatic N) is 4. The van der Waals surface area contributed by atoms with Crippen LogP contribution >= 0.6 is 0 Å². The fourth-order valence-corrected chi connectivity index (χ4v) is 3.36. The number of para-hydroxylation sites is 1. The van der Waals surface area contributed by atoms with E-state index in [9.17, 15) is 9.90 Å². The summed E-state index contributed by atoms with van der Waals surface area (Å²) in [6.07, 6.45) is 3.06. The Morgan fingerprint density at radius 2 is 1.71 bits per heavy atom. The number of nitrogen functional groups attached to an aromatic ring is 2. The second-order valence-electron chi connectivity index (χ2n) is 7.38. The molecular formula is C26H21N7O2. The van der Waals surface area contributed by atoms with Crippen LogP contribution in [0.1, 0.15) is 15.9 Å². The van der Waals surface area contributed by atoms with Crippen LogP contribution in [-0.4, -0.2) is 25.8 Å². The topological polar surface area (TPSA) is 156 Å². The average Bonchev–Trinajstić information content (AvgIpc) is 3.28. The Kier molecular flexibility index (Phi) is 6.56. The minimum absolute atomic E-state index is 0.162. The number of carbonyl (C=O) groups is 1. The quantitative estimate of drug-likeness (QED) is 0.232. The Balaban J connectivity index is 0.000000179. The molecule has 5 rings (SSSR count). The molecule has 172 valence electrons. The van der Waals surface area contributed by atoms with Gasteiger partial charge in [0.05, 0.1) is 17.4 Å². The van der Waals surface area contributed by atoms with Gasteiger partial charge in [0.1, 0.15) is 17.5 Å². The number of anilines is 3. The van der Waals surface area contributed by atoms with Crippen LogP contribution in [0.25, 0.3) is 16.6 Å². The van der Waals surface area contributed by atoms with Crippen LogP contribution in [0.3, 0.4) is 0 Å². The maximum absolute atomic E-state index is 12.3. The van der Waals surface area contributed by atoms with Crippen molar-refractivity contribution in [2.24, 2.45) is 0 Å². The van der Waals surface area contributed by atoms with Gasteiger partial charge in [-0.1, -0.05) is 48.5 Å². The molecule has 35 heavy (non-hydrogen) atoms. The summed E-state index contributed by atoms with van der Waals surface area (Å²) in [5.74, 6) is 0.330. The maximum atomic E-state index is 12.3. The van der Waals surface area contributed by atoms with Gasteiger partial charge in [-0.3, -0.25) is 4.79 Å². The first-order chi connectivity index (χ1) is 17.0. The van der Waals surface area contributed by atoms with Gasteiger partial charge in [-0.05, 0) is 35.7 Å². The van der Waals surface area contributed by atoms with E-state index in [0.29, 0.717) is 22.9 Å². The van der Waals surface area contributed by atoms with E-state index < -0.39 is 5.91 Å². The van der Waals surface area contributed by atoms with Crippen LogP contribution in [0.5, 0.6) is 5.75 Å². The molecule has 0 fully saturated rings. The molecular weight excluding hydrogens is 442 g/mol. The summed E-state index contributed by atoms with van der Waals surface area (Å²) in [5, 5.41) is 27.1. The number of benzene rings is 3. The minimum atomic E-state index is -0.392. The molecule has 3 aromatic carbocycles. The molecule has 6 N–H and O–H groups in total. The average molecular weight is 464 g/mol. The summed E-state index contributed by atoms with van der Waals surface area (Å²) in [7, 11) is 0. The molecule has 9 nitrogen and oxygen atoms in total. The number of amides is 1. The molecule has 0 aliphatic heterocycles. The van der Waals surface area contributed by atoms with Crippen molar-refractivity contribution in [3.05, 3.63) is 102 Å². The van der Waals surface area contributed by atoms with Crippen molar-refractivity contribution in [3.8, 4) is 17.6 Å². The second-order valence-corrected chi connectivity index (χ2v) is 7.38. The third-order valence-electron chi connectivity index (χ3n) is 5.13. The Morgan fingerprint density at radius 1 is 1.00 bits per heavy atom. The summed E-state index contributed by atoms with van der Waals surface area (Å²) in [6, 6.07) is 25.4. The lowest BCUT2D eigenvalue weighted by molar-refractivity contribution is 0.102. The summed E-state index contributed by atoms with van der Waals surface area (Å²) in [5.41, 5.74) is 13.0. The third kappa shape index (κ3) is 4.86. The zero-order chi connectivity index (χ0) is 24.8. The van der Waals surface area contributed by atoms with Crippen molar-refractivity contribution in [2.45, 2.75) is 0 Å². The highest BCUT2D eigenvalue weighted by molar-refractivity contribution is 6.11. The monoisotopic (exact) mass is 463 g/mol. The second kappa shape index (κ2) is 10.1. The van der Waals surface area contributed by atoms with E-state index in [0.717, 1.165) is 10.8 Å². The number of aromatic nitrogens is 3. The van der Waals surface area contributed by atoms with Crippen LogP contribution in [0, 0.1) is 11.3 Å². The molecule has 0 radical (unpaired) electrons. The van der Waals surface area contributed by atoms with E-state index in [2.05, 4.69) is 15.4 Å². The molecule has 2 aromatic heterocycles. The molecule has 0 spiro atoms. The van der Waals surface area contributed by atoms with Gasteiger partial charge < -0.3 is 21.9 Å². The zero-order valence-electron chi connectivity index (χ0n) is 18.5. The minimum Gasteiger partial charge on any atom is -0.505 e. The standard InChI is InChI=1S/C17H14N2O2.C9H7N5/c18-15-13-9-5-4-6-11(13)10-14(16(15)20)17(21)19-12-7-2-1-3-8-12;10-5-7-6-13-14(9(7)11)8-3-1-2-4-12-8/h1-10,20H,18H2,(H,19,21);1-4,6H,11H2. The van der Waals surface area contributed by atoms with E-state index in [1.54, 1.807) is 36.5 Å². The maximum Gasteiger partial charge on any atom is 0.259 e. The summed E-state index contributed by atoms with van der Waals surface area (Å²) < 4.78 is 1.43. The highest BCUT2D eigenvalue weighted by Gasteiger charge is 2.16. The molecule has 2 heterocycles. The van der Waals surface area contributed by atoms with Crippen molar-refractivity contribution in [2.75, 3.05) is 16.8 Å². The van der Waals surface area contributed by atoms with Gasteiger partial charge in [-0.25, -0.2) is 4.98 Å². The number of nitrogens with one attached hydrogen (secondary N) is 1. The first-order valence-corrected chi connectivity index (χ1v) is 10.5. The zero-order valence-corrected chi connectivity index (χ0v) is 18.5. The van der Waals surface area contributed by atoms with Gasteiger partial charge in [0.25, 0.3) is 5.91 Å². The van der Waals surface area contributed by atoms with Gasteiger partial charge in [0.15, 0.2) is 11.6 Å². The molecule has 1 amide bonds. The highest BCUT2D eigenvalue weighted by atomic mass is 16.3. The first-order valence-electron chi connectivity index (χ1n) is 10.5. The van der Waals surface area contributed by atoms with Crippen LogP contribution in [0.4, 0.5) is 17.2 Å². The van der Waals surface area contributed by atoms with Crippen LogP contribution in [0.15, 0.2) is 91.3 Å². The molecule has 0 aliphatic carbocycles. The number of hydrogen-bond donors (Lipinski definition) is 4. The van der Waals surface area contributed by atoms with E-state index in [4.69, 9.17) is 16.7 Å². The smallest absolute Gasteiger partial charge is 0.259 e. The van der Waals surface area contributed by atoms with Gasteiger partial charge >= 0.3 is 0 Å². The van der Waals surface area contributed by atoms with E-state index in [1.165, 1.54) is 10.9 Å². The van der Waals surface area contributed by atoms with Crippen molar-refractivity contribution < 1.29 is 9.90 Å². The molecule has 0 bridgehead atoms. The van der Waals surface area contributed by atoms with Crippen molar-refractivity contribution in [3.63, 3.8) is 0 Å². The Bertz CT molecular complexity index is 1520. The van der Waals surface area contributed by atoms with Crippen LogP contribution in [0.2, 0.25) is 0 Å². The van der Waals surface area contributed by atoms with Crippen molar-refractivity contribution >= 4 is 33.9 Å². The molecule has 0 aliphatic rings. The number of hydrogen-bond acceptors (Lipinski definition) is 7. The molecule has 0 atom stereocenters. The lowest BCUT2D eigenvalue weighted by Crippen LogP contribution is -2.12. The lowest BCUT2D eigenvalue weighted by atomic mass is 10.0. The number of phenols is 1. The largest absolute Gasteiger partial charge is 0.505 e. The molecule has 0 saturated heterocycles. The molecule has 5 aromatic rings. The summed E-state index contributed by atoms with van der Waals surface area (Å²) >= 11 is 0. The molecule has 9 heteroatoms. The Labute approximate surface area is 200 Å². The number of nitriles is 1. The fourth-order valence-electron chi connectivity index (χ4n) is 3.36. The van der Waals surface area contributed by atoms with E-state index in [-0.39, 0.29) is 17.0 Å². The third-order valence-corrected chi connectivity index (χ3v) is 5.13. The van der Waals surface area contributed by atoms with Gasteiger partial charge in [0.2, 0.25) is 0 Å². The first kappa shape index (κ1) is 22.8. The molecule has 0 saturated carbocycles. The van der Waals surface area contributed by atoms with Gasteiger partial charge in [-0.2, -0.15) is 15.0 Å². The Hall–Kier alpha value is -5.36. The number of rotatable bonds is 3. The highest BCUT2D eigenvalue weighted by Crippen LogP contribution is 2.33. The van der Waals surface area contributed by atoms with Crippen molar-refractivity contribution in [1.29, 1.82) is 5.26 Å². The van der Waals surface area contributed by atoms with Crippen LogP contribution < -0.4 is 16.8 Å².